The summed E-state index contributed by atoms with van der Waals surface area (Å²) in [6, 6.07) is 11.0. The van der Waals surface area contributed by atoms with E-state index >= 15 is 0 Å². The summed E-state index contributed by atoms with van der Waals surface area (Å²) in [5.41, 5.74) is 3.66. The van der Waals surface area contributed by atoms with Gasteiger partial charge in [-0.05, 0) is 36.8 Å². The Kier molecular flexibility index (Phi) is 3.35. The first-order chi connectivity index (χ1) is 10.7. The van der Waals surface area contributed by atoms with E-state index in [0.717, 1.165) is 28.1 Å². The lowest BCUT2D eigenvalue weighted by Gasteiger charge is -2.05. The molecule has 4 aromatic rings. The van der Waals surface area contributed by atoms with Crippen LogP contribution < -0.4 is 5.32 Å². The van der Waals surface area contributed by atoms with Gasteiger partial charge >= 0.3 is 0 Å². The van der Waals surface area contributed by atoms with Crippen molar-refractivity contribution in [2.45, 2.75) is 19.9 Å². The Morgan fingerprint density at radius 3 is 2.77 bits per heavy atom. The van der Waals surface area contributed by atoms with E-state index in [9.17, 15) is 0 Å². The Bertz CT molecular complexity index is 1000. The summed E-state index contributed by atoms with van der Waals surface area (Å²) >= 11 is 5.31. The van der Waals surface area contributed by atoms with Crippen molar-refractivity contribution in [3.05, 3.63) is 34.8 Å². The maximum atomic E-state index is 4.65. The van der Waals surface area contributed by atoms with Gasteiger partial charge in [0.1, 0.15) is 0 Å². The van der Waals surface area contributed by atoms with E-state index in [1.165, 1.54) is 26.5 Å². The highest BCUT2D eigenvalue weighted by Crippen LogP contribution is 2.36. The molecular weight excluding hydrogens is 358 g/mol. The molecule has 1 N–H and O–H groups in total. The first kappa shape index (κ1) is 14.0. The summed E-state index contributed by atoms with van der Waals surface area (Å²) in [6.45, 7) is 3.26. The molecule has 112 valence electrons. The van der Waals surface area contributed by atoms with Crippen LogP contribution in [0.1, 0.15) is 13.3 Å². The van der Waals surface area contributed by atoms with Gasteiger partial charge in [0.05, 0.1) is 15.7 Å². The number of hydrogen-bond acceptors (Lipinski definition) is 3. The molecule has 0 aliphatic heterocycles. The topological polar surface area (TPSA) is 29.9 Å². The van der Waals surface area contributed by atoms with Gasteiger partial charge in [0, 0.05) is 34.4 Å². The number of aryl methyl sites for hydroxylation is 1. The SMILES string of the molecule is CCCn1c2ccc(Br)cc2c2cc3nc(NC)sc3cc21. The molecule has 0 amide bonds. The predicted molar refractivity (Wildman–Crippen MR) is 100 cm³/mol. The lowest BCUT2D eigenvalue weighted by atomic mass is 10.1. The smallest absolute Gasteiger partial charge is 0.183 e. The third kappa shape index (κ3) is 2.03. The summed E-state index contributed by atoms with van der Waals surface area (Å²) in [7, 11) is 1.92. The van der Waals surface area contributed by atoms with Crippen LogP contribution in [0.4, 0.5) is 5.13 Å². The number of fused-ring (bicyclic) bond motifs is 4. The number of halogens is 1. The second kappa shape index (κ2) is 5.25. The van der Waals surface area contributed by atoms with Crippen molar-refractivity contribution in [1.29, 1.82) is 0 Å². The summed E-state index contributed by atoms with van der Waals surface area (Å²) in [4.78, 5) is 4.65. The van der Waals surface area contributed by atoms with Gasteiger partial charge in [0.15, 0.2) is 5.13 Å². The van der Waals surface area contributed by atoms with Crippen LogP contribution in [-0.4, -0.2) is 16.6 Å². The van der Waals surface area contributed by atoms with Crippen molar-refractivity contribution >= 4 is 64.4 Å². The normalized spacial score (nSPS) is 11.8. The summed E-state index contributed by atoms with van der Waals surface area (Å²) in [5.74, 6) is 0. The van der Waals surface area contributed by atoms with Gasteiger partial charge in [-0.1, -0.05) is 34.2 Å². The number of anilines is 1. The fraction of sp³-hybridized carbons (Fsp3) is 0.235. The molecule has 0 unspecified atom stereocenters. The molecule has 4 rings (SSSR count). The van der Waals surface area contributed by atoms with Crippen LogP contribution in [0.2, 0.25) is 0 Å². The first-order valence-electron chi connectivity index (χ1n) is 7.41. The molecule has 0 aliphatic carbocycles. The predicted octanol–water partition coefficient (Wildman–Crippen LogP) is 5.62. The molecule has 5 heteroatoms. The number of hydrogen-bond donors (Lipinski definition) is 1. The lowest BCUT2D eigenvalue weighted by Crippen LogP contribution is -1.95. The molecule has 0 spiro atoms. The number of nitrogens with zero attached hydrogens (tertiary/aromatic N) is 2. The van der Waals surface area contributed by atoms with Crippen LogP contribution in [-0.2, 0) is 6.54 Å². The molecule has 0 saturated carbocycles. The fourth-order valence-electron chi connectivity index (χ4n) is 3.06. The number of thiazole rings is 1. The zero-order valence-corrected chi connectivity index (χ0v) is 14.9. The Morgan fingerprint density at radius 2 is 2.00 bits per heavy atom. The molecule has 2 aromatic carbocycles. The minimum absolute atomic E-state index is 0.968. The molecule has 0 aliphatic rings. The highest BCUT2D eigenvalue weighted by molar-refractivity contribution is 9.10. The molecule has 0 radical (unpaired) electrons. The Balaban J connectivity index is 2.15. The Hall–Kier alpha value is -1.59. The second-order valence-corrected chi connectivity index (χ2v) is 7.37. The zero-order valence-electron chi connectivity index (χ0n) is 12.5. The molecule has 3 nitrogen and oxygen atoms in total. The second-order valence-electron chi connectivity index (χ2n) is 5.42. The van der Waals surface area contributed by atoms with Crippen molar-refractivity contribution in [3.63, 3.8) is 0 Å². The zero-order chi connectivity index (χ0) is 15.3. The molecule has 2 aromatic heterocycles. The van der Waals surface area contributed by atoms with Crippen LogP contribution in [0.5, 0.6) is 0 Å². The van der Waals surface area contributed by atoms with Gasteiger partial charge in [-0.15, -0.1) is 0 Å². The van der Waals surface area contributed by atoms with Crippen LogP contribution in [0, 0.1) is 0 Å². The highest BCUT2D eigenvalue weighted by Gasteiger charge is 2.13. The number of nitrogens with one attached hydrogen (secondary N) is 1. The van der Waals surface area contributed by atoms with E-state index in [1.807, 2.05) is 7.05 Å². The van der Waals surface area contributed by atoms with E-state index in [-0.39, 0.29) is 0 Å². The average molecular weight is 374 g/mol. The molecule has 0 saturated heterocycles. The van der Waals surface area contributed by atoms with E-state index < -0.39 is 0 Å². The average Bonchev–Trinajstić information content (AvgIpc) is 3.05. The van der Waals surface area contributed by atoms with Crippen LogP contribution in [0.25, 0.3) is 32.0 Å². The monoisotopic (exact) mass is 373 g/mol. The van der Waals surface area contributed by atoms with Gasteiger partial charge in [-0.2, -0.15) is 0 Å². The third-order valence-electron chi connectivity index (χ3n) is 4.00. The Morgan fingerprint density at radius 1 is 1.18 bits per heavy atom. The lowest BCUT2D eigenvalue weighted by molar-refractivity contribution is 0.724. The summed E-state index contributed by atoms with van der Waals surface area (Å²) < 4.78 is 4.77. The van der Waals surface area contributed by atoms with Crippen molar-refractivity contribution in [1.82, 2.24) is 9.55 Å². The van der Waals surface area contributed by atoms with E-state index in [4.69, 9.17) is 0 Å². The maximum Gasteiger partial charge on any atom is 0.183 e. The summed E-state index contributed by atoms with van der Waals surface area (Å²) in [6.07, 6.45) is 1.12. The van der Waals surface area contributed by atoms with Crippen LogP contribution in [0.3, 0.4) is 0 Å². The molecule has 2 heterocycles. The van der Waals surface area contributed by atoms with Crippen LogP contribution in [0.15, 0.2) is 34.8 Å². The fourth-order valence-corrected chi connectivity index (χ4v) is 4.26. The standard InChI is InChI=1S/C17H16BrN3S/c1-3-6-21-14-5-4-10(18)7-11(14)12-8-13-16(9-15(12)21)22-17(19-2)20-13/h4-5,7-9H,3,6H2,1-2H3,(H,19,20). The number of aromatic nitrogens is 2. The Labute approximate surface area is 141 Å². The van der Waals surface area contributed by atoms with Crippen molar-refractivity contribution in [2.24, 2.45) is 0 Å². The van der Waals surface area contributed by atoms with Gasteiger partial charge in [0.25, 0.3) is 0 Å². The highest BCUT2D eigenvalue weighted by atomic mass is 79.9. The minimum atomic E-state index is 0.968. The van der Waals surface area contributed by atoms with Crippen molar-refractivity contribution < 1.29 is 0 Å². The van der Waals surface area contributed by atoms with E-state index in [1.54, 1.807) is 11.3 Å². The molecule has 22 heavy (non-hydrogen) atoms. The summed E-state index contributed by atoms with van der Waals surface area (Å²) in [5, 5.41) is 6.68. The van der Waals surface area contributed by atoms with Gasteiger partial charge in [-0.25, -0.2) is 4.98 Å². The van der Waals surface area contributed by atoms with Crippen LogP contribution >= 0.6 is 27.3 Å². The molecule has 0 bridgehead atoms. The molecule has 0 atom stereocenters. The largest absolute Gasteiger partial charge is 0.365 e. The quantitative estimate of drug-likeness (QED) is 0.505. The van der Waals surface area contributed by atoms with Gasteiger partial charge in [0.2, 0.25) is 0 Å². The third-order valence-corrected chi connectivity index (χ3v) is 5.53. The molecular formula is C17H16BrN3S. The van der Waals surface area contributed by atoms with E-state index in [0.29, 0.717) is 0 Å². The maximum absolute atomic E-state index is 4.65. The number of rotatable bonds is 3. The number of benzene rings is 2. The van der Waals surface area contributed by atoms with Gasteiger partial charge in [-0.3, -0.25) is 0 Å². The molecule has 0 fully saturated rings. The van der Waals surface area contributed by atoms with Crippen molar-refractivity contribution in [3.8, 4) is 0 Å². The van der Waals surface area contributed by atoms with Gasteiger partial charge < -0.3 is 9.88 Å². The van der Waals surface area contributed by atoms with E-state index in [2.05, 4.69) is 68.1 Å². The minimum Gasteiger partial charge on any atom is -0.365 e. The van der Waals surface area contributed by atoms with Crippen molar-refractivity contribution in [2.75, 3.05) is 12.4 Å². The first-order valence-corrected chi connectivity index (χ1v) is 9.02.